The lowest BCUT2D eigenvalue weighted by Gasteiger charge is -2.22. The van der Waals surface area contributed by atoms with E-state index in [1.54, 1.807) is 0 Å². The number of hydrogen-bond donors (Lipinski definition) is 1. The average molecular weight is 297 g/mol. The highest BCUT2D eigenvalue weighted by atomic mass is 16.4. The molecule has 0 spiro atoms. The molecule has 1 fully saturated rings. The number of rotatable bonds is 4. The second-order valence-electron chi connectivity index (χ2n) is 6.41. The second-order valence-corrected chi connectivity index (χ2v) is 6.41. The number of benzene rings is 1. The number of carboxylic acid groups (broad SMARTS) is 1. The first kappa shape index (κ1) is 14.9. The molecule has 0 unspecified atom stereocenters. The summed E-state index contributed by atoms with van der Waals surface area (Å²) in [5, 5.41) is 10.1. The van der Waals surface area contributed by atoms with E-state index in [2.05, 4.69) is 29.0 Å². The Labute approximate surface area is 131 Å². The van der Waals surface area contributed by atoms with E-state index in [1.807, 2.05) is 13.0 Å². The van der Waals surface area contributed by atoms with Gasteiger partial charge < -0.3 is 9.67 Å². The van der Waals surface area contributed by atoms with Gasteiger partial charge in [-0.05, 0) is 55.0 Å². The zero-order valence-electron chi connectivity index (χ0n) is 13.1. The Morgan fingerprint density at radius 1 is 1.27 bits per heavy atom. The Bertz CT molecular complexity index is 705. The highest BCUT2D eigenvalue weighted by Crippen LogP contribution is 2.28. The minimum atomic E-state index is -0.896. The van der Waals surface area contributed by atoms with Crippen LogP contribution in [-0.4, -0.2) is 15.6 Å². The van der Waals surface area contributed by atoms with Gasteiger partial charge in [0.25, 0.3) is 0 Å². The van der Waals surface area contributed by atoms with Gasteiger partial charge in [0, 0.05) is 29.7 Å². The van der Waals surface area contributed by atoms with Crippen LogP contribution in [0.2, 0.25) is 0 Å². The smallest absolute Gasteiger partial charge is 0.328 e. The lowest BCUT2D eigenvalue weighted by atomic mass is 9.89. The van der Waals surface area contributed by atoms with E-state index in [-0.39, 0.29) is 0 Å². The molecule has 1 heterocycles. The first-order valence-electron chi connectivity index (χ1n) is 8.14. The molecule has 0 aliphatic heterocycles. The van der Waals surface area contributed by atoms with Crippen molar-refractivity contribution in [2.24, 2.45) is 5.92 Å². The molecule has 0 radical (unpaired) electrons. The van der Waals surface area contributed by atoms with E-state index in [4.69, 9.17) is 5.11 Å². The minimum absolute atomic E-state index is 0.787. The monoisotopic (exact) mass is 297 g/mol. The Morgan fingerprint density at radius 2 is 2.05 bits per heavy atom. The molecule has 1 aromatic heterocycles. The molecular formula is C19H23NO2. The van der Waals surface area contributed by atoms with Crippen molar-refractivity contribution in [3.05, 3.63) is 42.1 Å². The molecule has 1 aromatic carbocycles. The van der Waals surface area contributed by atoms with Gasteiger partial charge in [-0.25, -0.2) is 4.79 Å². The number of nitrogens with zero attached hydrogens (tertiary/aromatic N) is 1. The van der Waals surface area contributed by atoms with E-state index >= 15 is 0 Å². The summed E-state index contributed by atoms with van der Waals surface area (Å²) in [5.74, 6) is -0.0925. The number of hydrogen-bond acceptors (Lipinski definition) is 1. The largest absolute Gasteiger partial charge is 0.478 e. The fourth-order valence-electron chi connectivity index (χ4n) is 3.52. The van der Waals surface area contributed by atoms with Gasteiger partial charge >= 0.3 is 5.97 Å². The fraction of sp³-hybridized carbons (Fsp3) is 0.421. The maximum atomic E-state index is 10.8. The summed E-state index contributed by atoms with van der Waals surface area (Å²) < 4.78 is 2.35. The molecule has 1 saturated carbocycles. The van der Waals surface area contributed by atoms with E-state index < -0.39 is 5.97 Å². The van der Waals surface area contributed by atoms with Crippen molar-refractivity contribution in [2.75, 3.05) is 0 Å². The predicted molar refractivity (Wildman–Crippen MR) is 89.8 cm³/mol. The third-order valence-corrected chi connectivity index (χ3v) is 4.75. The van der Waals surface area contributed by atoms with Crippen LogP contribution >= 0.6 is 0 Å². The first-order valence-corrected chi connectivity index (χ1v) is 8.14. The molecule has 2 aromatic rings. The van der Waals surface area contributed by atoms with Crippen molar-refractivity contribution < 1.29 is 9.90 Å². The Kier molecular flexibility index (Phi) is 4.32. The zero-order chi connectivity index (χ0) is 15.5. The van der Waals surface area contributed by atoms with Gasteiger partial charge in [-0.1, -0.05) is 25.3 Å². The molecular weight excluding hydrogens is 274 g/mol. The third kappa shape index (κ3) is 3.24. The summed E-state index contributed by atoms with van der Waals surface area (Å²) in [6, 6.07) is 8.36. The molecule has 116 valence electrons. The number of fused-ring (bicyclic) bond motifs is 1. The Morgan fingerprint density at radius 3 is 2.77 bits per heavy atom. The van der Waals surface area contributed by atoms with Crippen LogP contribution in [0.15, 0.2) is 36.5 Å². The van der Waals surface area contributed by atoms with Gasteiger partial charge in [0.2, 0.25) is 0 Å². The first-order chi connectivity index (χ1) is 10.6. The highest BCUT2D eigenvalue weighted by molar-refractivity contribution is 5.91. The molecule has 1 aliphatic rings. The normalized spacial score (nSPS) is 17.0. The summed E-state index contributed by atoms with van der Waals surface area (Å²) >= 11 is 0. The Balaban J connectivity index is 1.84. The number of aromatic nitrogens is 1. The van der Waals surface area contributed by atoms with Crippen LogP contribution in [-0.2, 0) is 11.3 Å². The van der Waals surface area contributed by atoms with Crippen LogP contribution in [0.4, 0.5) is 0 Å². The van der Waals surface area contributed by atoms with Crippen LogP contribution < -0.4 is 0 Å². The Hall–Kier alpha value is -2.03. The number of carbonyl (C=O) groups is 1. The second kappa shape index (κ2) is 6.39. The lowest BCUT2D eigenvalue weighted by molar-refractivity contribution is -0.131. The van der Waals surface area contributed by atoms with Gasteiger partial charge in [-0.15, -0.1) is 0 Å². The van der Waals surface area contributed by atoms with Gasteiger partial charge in [-0.2, -0.15) is 0 Å². The third-order valence-electron chi connectivity index (χ3n) is 4.75. The quantitative estimate of drug-likeness (QED) is 0.830. The molecule has 0 saturated heterocycles. The molecule has 3 nitrogen and oxygen atoms in total. The van der Waals surface area contributed by atoms with Crippen molar-refractivity contribution in [3.8, 4) is 0 Å². The minimum Gasteiger partial charge on any atom is -0.478 e. The molecule has 3 rings (SSSR count). The summed E-state index contributed by atoms with van der Waals surface area (Å²) in [6.07, 6.45) is 10.2. The average Bonchev–Trinajstić information content (AvgIpc) is 2.90. The molecule has 0 atom stereocenters. The van der Waals surface area contributed by atoms with Crippen molar-refractivity contribution in [3.63, 3.8) is 0 Å². The molecule has 1 N–H and O–H groups in total. The molecule has 1 aliphatic carbocycles. The van der Waals surface area contributed by atoms with Crippen molar-refractivity contribution >= 4 is 22.4 Å². The molecule has 3 heteroatoms. The van der Waals surface area contributed by atoms with Gasteiger partial charge in [0.1, 0.15) is 0 Å². The number of allylic oxidation sites excluding steroid dienone is 1. The summed E-state index contributed by atoms with van der Waals surface area (Å²) in [5.41, 5.74) is 3.01. The van der Waals surface area contributed by atoms with Crippen LogP contribution in [0.25, 0.3) is 16.5 Å². The summed E-state index contributed by atoms with van der Waals surface area (Å²) in [6.45, 7) is 2.95. The maximum Gasteiger partial charge on any atom is 0.328 e. The van der Waals surface area contributed by atoms with E-state index in [0.29, 0.717) is 0 Å². The fourth-order valence-corrected chi connectivity index (χ4v) is 3.52. The lowest BCUT2D eigenvalue weighted by Crippen LogP contribution is -2.13. The van der Waals surface area contributed by atoms with Crippen molar-refractivity contribution in [2.45, 2.75) is 45.6 Å². The van der Waals surface area contributed by atoms with E-state index in [0.717, 1.165) is 23.6 Å². The zero-order valence-corrected chi connectivity index (χ0v) is 13.1. The van der Waals surface area contributed by atoms with Crippen LogP contribution in [0.1, 0.15) is 44.6 Å². The highest BCUT2D eigenvalue weighted by Gasteiger charge is 2.14. The van der Waals surface area contributed by atoms with Crippen molar-refractivity contribution in [1.82, 2.24) is 4.57 Å². The maximum absolute atomic E-state index is 10.8. The van der Waals surface area contributed by atoms with Gasteiger partial charge in [-0.3, -0.25) is 0 Å². The standard InChI is InChI=1S/C19H23NO2/c1-14(11-19(21)22)16-7-8-18-17(12-16)9-10-20(18)13-15-5-3-2-4-6-15/h7-12,15H,2-6,13H2,1H3,(H,21,22)/b14-11+. The van der Waals surface area contributed by atoms with Crippen LogP contribution in [0.3, 0.4) is 0 Å². The molecule has 0 amide bonds. The SMILES string of the molecule is C/C(=C\C(=O)O)c1ccc2c(ccn2CC2CCCCC2)c1. The van der Waals surface area contributed by atoms with Crippen LogP contribution in [0.5, 0.6) is 0 Å². The summed E-state index contributed by atoms with van der Waals surface area (Å²) in [4.78, 5) is 10.8. The molecule has 0 bridgehead atoms. The van der Waals surface area contributed by atoms with Gasteiger partial charge in [0.05, 0.1) is 0 Å². The van der Waals surface area contributed by atoms with Crippen molar-refractivity contribution in [1.29, 1.82) is 0 Å². The van der Waals surface area contributed by atoms with Gasteiger partial charge in [0.15, 0.2) is 0 Å². The number of aliphatic carboxylic acids is 1. The summed E-state index contributed by atoms with van der Waals surface area (Å²) in [7, 11) is 0. The topological polar surface area (TPSA) is 42.2 Å². The van der Waals surface area contributed by atoms with Crippen LogP contribution in [0, 0.1) is 5.92 Å². The van der Waals surface area contributed by atoms with E-state index in [1.165, 1.54) is 49.1 Å². The predicted octanol–water partition coefficient (Wildman–Crippen LogP) is 4.71. The molecule has 22 heavy (non-hydrogen) atoms. The number of carboxylic acids is 1. The van der Waals surface area contributed by atoms with E-state index in [9.17, 15) is 4.79 Å².